The minimum atomic E-state index is -0.612. The predicted octanol–water partition coefficient (Wildman–Crippen LogP) is 7.10. The van der Waals surface area contributed by atoms with E-state index in [-0.39, 0.29) is 17.1 Å². The molecule has 5 nitrogen and oxygen atoms in total. The summed E-state index contributed by atoms with van der Waals surface area (Å²) in [5.41, 5.74) is 4.12. The zero-order chi connectivity index (χ0) is 24.7. The van der Waals surface area contributed by atoms with Crippen LogP contribution in [-0.4, -0.2) is 12.5 Å². The molecule has 1 aliphatic rings. The van der Waals surface area contributed by atoms with E-state index in [0.717, 1.165) is 39.8 Å². The van der Waals surface area contributed by atoms with Crippen LogP contribution in [0.3, 0.4) is 0 Å². The molecule has 1 amide bonds. The number of rotatable bonds is 6. The Labute approximate surface area is 212 Å². The Hall–Kier alpha value is -3.38. The van der Waals surface area contributed by atoms with Gasteiger partial charge in [-0.25, -0.2) is 0 Å². The number of benzene rings is 3. The van der Waals surface area contributed by atoms with Gasteiger partial charge < -0.3 is 9.15 Å². The van der Waals surface area contributed by atoms with Crippen molar-refractivity contribution in [2.75, 3.05) is 11.5 Å². The van der Waals surface area contributed by atoms with Gasteiger partial charge in [0, 0.05) is 10.2 Å². The number of hydrogen-bond donors (Lipinski definition) is 0. The second-order valence-electron chi connectivity index (χ2n) is 8.94. The summed E-state index contributed by atoms with van der Waals surface area (Å²) in [4.78, 5) is 29.2. The van der Waals surface area contributed by atoms with Gasteiger partial charge in [-0.3, -0.25) is 14.5 Å². The first-order valence-electron chi connectivity index (χ1n) is 11.8. The van der Waals surface area contributed by atoms with E-state index in [2.05, 4.69) is 22.9 Å². The molecule has 0 aliphatic carbocycles. The molecule has 1 unspecified atom stereocenters. The van der Waals surface area contributed by atoms with Crippen LogP contribution in [0.4, 0.5) is 5.69 Å². The highest BCUT2D eigenvalue weighted by molar-refractivity contribution is 9.10. The number of amides is 1. The van der Waals surface area contributed by atoms with Crippen LogP contribution in [0.1, 0.15) is 58.6 Å². The summed E-state index contributed by atoms with van der Waals surface area (Å²) >= 11 is 3.51. The average molecular weight is 532 g/mol. The predicted molar refractivity (Wildman–Crippen MR) is 142 cm³/mol. The number of fused-ring (bicyclic) bond motifs is 2. The molecule has 4 aromatic rings. The van der Waals surface area contributed by atoms with Crippen LogP contribution in [0.15, 0.2) is 74.3 Å². The number of aryl methyl sites for hydroxylation is 2. The van der Waals surface area contributed by atoms with Gasteiger partial charge in [0.15, 0.2) is 5.43 Å². The Balaban J connectivity index is 1.69. The fourth-order valence-corrected chi connectivity index (χ4v) is 4.90. The fraction of sp³-hybridized carbons (Fsp3) is 0.241. The highest BCUT2D eigenvalue weighted by Crippen LogP contribution is 2.42. The van der Waals surface area contributed by atoms with Crippen LogP contribution in [-0.2, 0) is 0 Å². The number of anilines is 1. The molecule has 2 heterocycles. The Kier molecular flexibility index (Phi) is 6.24. The first-order chi connectivity index (χ1) is 16.9. The molecule has 0 saturated carbocycles. The zero-order valence-corrected chi connectivity index (χ0v) is 21.5. The quantitative estimate of drug-likeness (QED) is 0.249. The van der Waals surface area contributed by atoms with Gasteiger partial charge in [-0.2, -0.15) is 0 Å². The van der Waals surface area contributed by atoms with Crippen molar-refractivity contribution in [1.29, 1.82) is 0 Å². The molecule has 0 spiro atoms. The maximum Gasteiger partial charge on any atom is 0.295 e. The number of carbonyl (C=O) groups is 1. The first-order valence-corrected chi connectivity index (χ1v) is 12.6. The van der Waals surface area contributed by atoms with E-state index in [1.807, 2.05) is 74.5 Å². The molecule has 3 aromatic carbocycles. The van der Waals surface area contributed by atoms with Gasteiger partial charge in [0.05, 0.1) is 23.6 Å². The number of unbranched alkanes of at least 4 members (excludes halogenated alkanes) is 1. The Morgan fingerprint density at radius 1 is 1.00 bits per heavy atom. The third kappa shape index (κ3) is 4.16. The van der Waals surface area contributed by atoms with Crippen molar-refractivity contribution < 1.29 is 13.9 Å². The van der Waals surface area contributed by atoms with Gasteiger partial charge >= 0.3 is 0 Å². The molecule has 0 saturated heterocycles. The van der Waals surface area contributed by atoms with E-state index in [0.29, 0.717) is 28.8 Å². The van der Waals surface area contributed by atoms with Crippen LogP contribution in [0.2, 0.25) is 0 Å². The maximum absolute atomic E-state index is 13.8. The molecule has 1 aliphatic heterocycles. The number of nitrogens with zero attached hydrogens (tertiary/aromatic N) is 1. The fourth-order valence-electron chi connectivity index (χ4n) is 4.52. The molecule has 1 atom stereocenters. The lowest BCUT2D eigenvalue weighted by Gasteiger charge is -2.25. The monoisotopic (exact) mass is 531 g/mol. The number of hydrogen-bond acceptors (Lipinski definition) is 4. The Morgan fingerprint density at radius 2 is 1.74 bits per heavy atom. The van der Waals surface area contributed by atoms with Crippen molar-refractivity contribution in [3.8, 4) is 5.75 Å². The minimum Gasteiger partial charge on any atom is -0.494 e. The van der Waals surface area contributed by atoms with Gasteiger partial charge in [0.2, 0.25) is 5.76 Å². The Morgan fingerprint density at radius 3 is 2.46 bits per heavy atom. The lowest BCUT2D eigenvalue weighted by atomic mass is 9.97. The van der Waals surface area contributed by atoms with Gasteiger partial charge in [-0.1, -0.05) is 47.5 Å². The van der Waals surface area contributed by atoms with Crippen LogP contribution in [0.25, 0.3) is 11.0 Å². The van der Waals surface area contributed by atoms with Crippen LogP contribution >= 0.6 is 15.9 Å². The third-order valence-corrected chi connectivity index (χ3v) is 7.03. The smallest absolute Gasteiger partial charge is 0.295 e. The second-order valence-corrected chi connectivity index (χ2v) is 9.85. The first kappa shape index (κ1) is 23.4. The van der Waals surface area contributed by atoms with Crippen LogP contribution in [0, 0.1) is 13.8 Å². The SMILES string of the molecule is CCCCOc1ccc(C2c3c(oc4cc(C)c(C)cc4c3=O)C(=O)N2c2cccc(Br)c2)cc1. The molecule has 178 valence electrons. The van der Waals surface area contributed by atoms with Crippen molar-refractivity contribution in [2.24, 2.45) is 0 Å². The normalized spacial score (nSPS) is 15.0. The van der Waals surface area contributed by atoms with Crippen LogP contribution < -0.4 is 15.1 Å². The topological polar surface area (TPSA) is 59.8 Å². The van der Waals surface area contributed by atoms with Gasteiger partial charge in [-0.15, -0.1) is 0 Å². The van der Waals surface area contributed by atoms with Crippen molar-refractivity contribution >= 4 is 38.5 Å². The van der Waals surface area contributed by atoms with Crippen molar-refractivity contribution in [3.63, 3.8) is 0 Å². The van der Waals surface area contributed by atoms with E-state index in [9.17, 15) is 9.59 Å². The molecule has 6 heteroatoms. The van der Waals surface area contributed by atoms with Crippen molar-refractivity contribution in [3.05, 3.63) is 103 Å². The van der Waals surface area contributed by atoms with E-state index < -0.39 is 6.04 Å². The molecule has 35 heavy (non-hydrogen) atoms. The molecular formula is C29H26BrNO4. The highest BCUT2D eigenvalue weighted by Gasteiger charge is 2.43. The standard InChI is InChI=1S/C29H26BrNO4/c1-4-5-13-34-22-11-9-19(10-12-22)26-25-27(32)23-14-17(2)18(3)15-24(23)35-28(25)29(33)31(26)21-8-6-7-20(30)16-21/h6-12,14-16,26H,4-5,13H2,1-3H3. The summed E-state index contributed by atoms with van der Waals surface area (Å²) in [6.45, 7) is 6.70. The number of halogens is 1. The summed E-state index contributed by atoms with van der Waals surface area (Å²) in [5.74, 6) is 0.528. The molecule has 0 N–H and O–H groups in total. The molecular weight excluding hydrogens is 506 g/mol. The maximum atomic E-state index is 13.8. The lowest BCUT2D eigenvalue weighted by Crippen LogP contribution is -2.29. The zero-order valence-electron chi connectivity index (χ0n) is 19.9. The molecule has 0 bridgehead atoms. The van der Waals surface area contributed by atoms with Gasteiger partial charge in [-0.05, 0) is 79.4 Å². The number of ether oxygens (including phenoxy) is 1. The van der Waals surface area contributed by atoms with Crippen molar-refractivity contribution in [2.45, 2.75) is 39.7 Å². The van der Waals surface area contributed by atoms with Crippen molar-refractivity contribution in [1.82, 2.24) is 0 Å². The van der Waals surface area contributed by atoms with E-state index in [4.69, 9.17) is 9.15 Å². The van der Waals surface area contributed by atoms with E-state index >= 15 is 0 Å². The summed E-state index contributed by atoms with van der Waals surface area (Å²) < 4.78 is 12.8. The third-order valence-electron chi connectivity index (χ3n) is 6.54. The molecule has 0 radical (unpaired) electrons. The van der Waals surface area contributed by atoms with Gasteiger partial charge in [0.25, 0.3) is 5.91 Å². The highest BCUT2D eigenvalue weighted by atomic mass is 79.9. The second kappa shape index (κ2) is 9.34. The molecule has 1 aromatic heterocycles. The minimum absolute atomic E-state index is 0.0963. The van der Waals surface area contributed by atoms with Crippen LogP contribution in [0.5, 0.6) is 5.75 Å². The summed E-state index contributed by atoms with van der Waals surface area (Å²) in [5, 5.41) is 0.486. The summed E-state index contributed by atoms with van der Waals surface area (Å²) in [7, 11) is 0. The largest absolute Gasteiger partial charge is 0.494 e. The molecule has 5 rings (SSSR count). The lowest BCUT2D eigenvalue weighted by molar-refractivity contribution is 0.0971. The average Bonchev–Trinajstić information content (AvgIpc) is 3.13. The van der Waals surface area contributed by atoms with E-state index in [1.165, 1.54) is 0 Å². The van der Waals surface area contributed by atoms with E-state index in [1.54, 1.807) is 4.90 Å². The number of carbonyl (C=O) groups excluding carboxylic acids is 1. The van der Waals surface area contributed by atoms with Gasteiger partial charge in [0.1, 0.15) is 11.3 Å². The summed E-state index contributed by atoms with van der Waals surface area (Å²) in [6.07, 6.45) is 2.04. The molecule has 0 fully saturated rings. The Bertz CT molecular complexity index is 1490. The summed E-state index contributed by atoms with van der Waals surface area (Å²) in [6, 6.07) is 18.2.